The first kappa shape index (κ1) is 15.3. The number of hydrogen-bond donors (Lipinski definition) is 0. The van der Waals surface area contributed by atoms with Crippen LogP contribution in [-0.4, -0.2) is 42.8 Å². The summed E-state index contributed by atoms with van der Waals surface area (Å²) in [7, 11) is 2.18. The van der Waals surface area contributed by atoms with E-state index in [4.69, 9.17) is 14.5 Å². The van der Waals surface area contributed by atoms with Crippen LogP contribution in [0.3, 0.4) is 0 Å². The summed E-state index contributed by atoms with van der Waals surface area (Å²) in [5.74, 6) is 0.906. The highest BCUT2D eigenvalue weighted by atomic mass is 16.5. The fourth-order valence-corrected chi connectivity index (χ4v) is 3.00. The lowest BCUT2D eigenvalue weighted by atomic mass is 10.1. The maximum absolute atomic E-state index is 5.54. The van der Waals surface area contributed by atoms with Crippen molar-refractivity contribution in [3.05, 3.63) is 36.0 Å². The van der Waals surface area contributed by atoms with Crippen molar-refractivity contribution in [1.82, 2.24) is 9.88 Å². The molecule has 4 nitrogen and oxygen atoms in total. The van der Waals surface area contributed by atoms with E-state index < -0.39 is 0 Å². The topological polar surface area (TPSA) is 34.6 Å². The van der Waals surface area contributed by atoms with E-state index in [1.54, 1.807) is 0 Å². The lowest BCUT2D eigenvalue weighted by Crippen LogP contribution is -2.36. The first-order valence-electron chi connectivity index (χ1n) is 8.06. The van der Waals surface area contributed by atoms with Crippen LogP contribution in [0, 0.1) is 0 Å². The standard InChI is InChI=1S/C18H24N2O2/c1-3-22-17-6-7-18-14(12-17)4-5-15(19-18)13-20(2)16-8-10-21-11-9-16/h4-7,12,16H,3,8-11,13H2,1-2H3. The molecule has 1 fully saturated rings. The minimum atomic E-state index is 0.603. The number of aromatic nitrogens is 1. The van der Waals surface area contributed by atoms with Crippen molar-refractivity contribution in [3.8, 4) is 5.75 Å². The Morgan fingerprint density at radius 2 is 2.05 bits per heavy atom. The van der Waals surface area contributed by atoms with Crippen LogP contribution in [0.4, 0.5) is 0 Å². The summed E-state index contributed by atoms with van der Waals surface area (Å²) in [6.45, 7) is 5.32. The van der Waals surface area contributed by atoms with Gasteiger partial charge in [-0.15, -0.1) is 0 Å². The van der Waals surface area contributed by atoms with Crippen molar-refractivity contribution >= 4 is 10.9 Å². The normalized spacial score (nSPS) is 16.3. The molecule has 2 heterocycles. The Morgan fingerprint density at radius 1 is 1.23 bits per heavy atom. The first-order valence-corrected chi connectivity index (χ1v) is 8.06. The molecule has 0 radical (unpaired) electrons. The predicted octanol–water partition coefficient (Wildman–Crippen LogP) is 3.24. The third-order valence-corrected chi connectivity index (χ3v) is 4.25. The molecule has 1 aliphatic rings. The Bertz CT molecular complexity index is 624. The fourth-order valence-electron chi connectivity index (χ4n) is 3.00. The highest BCUT2D eigenvalue weighted by Gasteiger charge is 2.18. The van der Waals surface area contributed by atoms with Gasteiger partial charge in [0, 0.05) is 31.2 Å². The van der Waals surface area contributed by atoms with Crippen molar-refractivity contribution in [1.29, 1.82) is 0 Å². The molecular weight excluding hydrogens is 276 g/mol. The summed E-state index contributed by atoms with van der Waals surface area (Å²) in [5.41, 5.74) is 2.15. The number of ether oxygens (including phenoxy) is 2. The number of rotatable bonds is 5. The second-order valence-electron chi connectivity index (χ2n) is 5.85. The van der Waals surface area contributed by atoms with Crippen molar-refractivity contribution < 1.29 is 9.47 Å². The van der Waals surface area contributed by atoms with Gasteiger partial charge in [-0.3, -0.25) is 9.88 Å². The summed E-state index contributed by atoms with van der Waals surface area (Å²) in [6.07, 6.45) is 2.23. The Balaban J connectivity index is 1.72. The lowest BCUT2D eigenvalue weighted by molar-refractivity contribution is 0.0403. The third kappa shape index (κ3) is 3.57. The largest absolute Gasteiger partial charge is 0.494 e. The molecule has 0 saturated carbocycles. The lowest BCUT2D eigenvalue weighted by Gasteiger charge is -2.30. The van der Waals surface area contributed by atoms with Gasteiger partial charge in [0.05, 0.1) is 17.8 Å². The van der Waals surface area contributed by atoms with Crippen LogP contribution >= 0.6 is 0 Å². The van der Waals surface area contributed by atoms with Crippen LogP contribution in [0.1, 0.15) is 25.5 Å². The minimum absolute atomic E-state index is 0.603. The molecule has 0 atom stereocenters. The number of nitrogens with zero attached hydrogens (tertiary/aromatic N) is 2. The molecule has 3 rings (SSSR count). The number of fused-ring (bicyclic) bond motifs is 1. The molecule has 1 saturated heterocycles. The quantitative estimate of drug-likeness (QED) is 0.849. The molecule has 0 aliphatic carbocycles. The van der Waals surface area contributed by atoms with E-state index in [1.807, 2.05) is 19.1 Å². The van der Waals surface area contributed by atoms with E-state index in [1.165, 1.54) is 0 Å². The zero-order chi connectivity index (χ0) is 15.4. The number of pyridine rings is 1. The smallest absolute Gasteiger partial charge is 0.120 e. The first-order chi connectivity index (χ1) is 10.8. The molecule has 22 heavy (non-hydrogen) atoms. The van der Waals surface area contributed by atoms with Crippen LogP contribution in [0.15, 0.2) is 30.3 Å². The maximum Gasteiger partial charge on any atom is 0.120 e. The predicted molar refractivity (Wildman–Crippen MR) is 88.2 cm³/mol. The maximum atomic E-state index is 5.54. The molecule has 0 N–H and O–H groups in total. The van der Waals surface area contributed by atoms with E-state index >= 15 is 0 Å². The van der Waals surface area contributed by atoms with E-state index in [0.717, 1.165) is 54.9 Å². The second kappa shape index (κ2) is 7.07. The molecular formula is C18H24N2O2. The van der Waals surface area contributed by atoms with Gasteiger partial charge >= 0.3 is 0 Å². The zero-order valence-electron chi connectivity index (χ0n) is 13.4. The number of benzene rings is 1. The van der Waals surface area contributed by atoms with Gasteiger partial charge in [-0.1, -0.05) is 6.07 Å². The average Bonchev–Trinajstić information content (AvgIpc) is 2.56. The molecule has 1 aliphatic heterocycles. The van der Waals surface area contributed by atoms with E-state index in [0.29, 0.717) is 12.6 Å². The van der Waals surface area contributed by atoms with Gasteiger partial charge in [-0.25, -0.2) is 0 Å². The molecule has 0 bridgehead atoms. The highest BCUT2D eigenvalue weighted by Crippen LogP contribution is 2.21. The van der Waals surface area contributed by atoms with Gasteiger partial charge in [0.15, 0.2) is 0 Å². The molecule has 118 valence electrons. The highest BCUT2D eigenvalue weighted by molar-refractivity contribution is 5.80. The van der Waals surface area contributed by atoms with Gasteiger partial charge in [0.1, 0.15) is 5.75 Å². The monoisotopic (exact) mass is 300 g/mol. The van der Waals surface area contributed by atoms with Gasteiger partial charge < -0.3 is 9.47 Å². The Kier molecular flexibility index (Phi) is 4.90. The fraction of sp³-hybridized carbons (Fsp3) is 0.500. The van der Waals surface area contributed by atoms with Crippen molar-refractivity contribution in [2.75, 3.05) is 26.9 Å². The molecule has 2 aromatic rings. The second-order valence-corrected chi connectivity index (χ2v) is 5.85. The number of hydrogen-bond acceptors (Lipinski definition) is 4. The van der Waals surface area contributed by atoms with Crippen LogP contribution < -0.4 is 4.74 Å². The Hall–Kier alpha value is -1.65. The summed E-state index contributed by atoms with van der Waals surface area (Å²) in [6, 6.07) is 10.9. The minimum Gasteiger partial charge on any atom is -0.494 e. The van der Waals surface area contributed by atoms with Crippen LogP contribution in [0.5, 0.6) is 5.75 Å². The molecule has 0 unspecified atom stereocenters. The Morgan fingerprint density at radius 3 is 2.82 bits per heavy atom. The zero-order valence-corrected chi connectivity index (χ0v) is 13.4. The van der Waals surface area contributed by atoms with Gasteiger partial charge in [0.2, 0.25) is 0 Å². The van der Waals surface area contributed by atoms with E-state index in [2.05, 4.69) is 30.1 Å². The Labute approximate surface area is 132 Å². The van der Waals surface area contributed by atoms with Gasteiger partial charge in [-0.05, 0) is 51.1 Å². The molecule has 1 aromatic heterocycles. The van der Waals surface area contributed by atoms with Crippen molar-refractivity contribution in [2.24, 2.45) is 0 Å². The van der Waals surface area contributed by atoms with Gasteiger partial charge in [-0.2, -0.15) is 0 Å². The van der Waals surface area contributed by atoms with Crippen molar-refractivity contribution in [3.63, 3.8) is 0 Å². The van der Waals surface area contributed by atoms with Gasteiger partial charge in [0.25, 0.3) is 0 Å². The molecule has 4 heteroatoms. The summed E-state index contributed by atoms with van der Waals surface area (Å²) < 4.78 is 11.0. The molecule has 1 aromatic carbocycles. The van der Waals surface area contributed by atoms with E-state index in [-0.39, 0.29) is 0 Å². The SMILES string of the molecule is CCOc1ccc2nc(CN(C)C3CCOCC3)ccc2c1. The summed E-state index contributed by atoms with van der Waals surface area (Å²) in [5, 5.41) is 1.13. The van der Waals surface area contributed by atoms with E-state index in [9.17, 15) is 0 Å². The van der Waals surface area contributed by atoms with Crippen LogP contribution in [-0.2, 0) is 11.3 Å². The average molecular weight is 300 g/mol. The summed E-state index contributed by atoms with van der Waals surface area (Å²) >= 11 is 0. The third-order valence-electron chi connectivity index (χ3n) is 4.25. The van der Waals surface area contributed by atoms with Crippen LogP contribution in [0.2, 0.25) is 0 Å². The van der Waals surface area contributed by atoms with Crippen LogP contribution in [0.25, 0.3) is 10.9 Å². The summed E-state index contributed by atoms with van der Waals surface area (Å²) in [4.78, 5) is 7.18. The van der Waals surface area contributed by atoms with Crippen molar-refractivity contribution in [2.45, 2.75) is 32.4 Å². The molecule has 0 spiro atoms. The molecule has 0 amide bonds.